The summed E-state index contributed by atoms with van der Waals surface area (Å²) in [6.07, 6.45) is 2.12. The van der Waals surface area contributed by atoms with Gasteiger partial charge in [0.2, 0.25) is 10.0 Å². The number of nitrogens with zero attached hydrogens (tertiary/aromatic N) is 1. The van der Waals surface area contributed by atoms with Crippen LogP contribution in [0, 0.1) is 0 Å². The average molecular weight is 179 g/mol. The Bertz CT molecular complexity index is 226. The van der Waals surface area contributed by atoms with Crippen molar-refractivity contribution in [3.63, 3.8) is 0 Å². The topological polar surface area (TPSA) is 75.4 Å². The molecule has 5 nitrogen and oxygen atoms in total. The van der Waals surface area contributed by atoms with Crippen LogP contribution in [-0.2, 0) is 10.0 Å². The third kappa shape index (κ3) is 1.90. The molecule has 0 bridgehead atoms. The summed E-state index contributed by atoms with van der Waals surface area (Å²) in [6, 6.07) is 0.0648. The first-order valence-electron chi connectivity index (χ1n) is 3.46. The van der Waals surface area contributed by atoms with Crippen molar-refractivity contribution in [3.8, 4) is 0 Å². The van der Waals surface area contributed by atoms with E-state index in [1.54, 1.807) is 0 Å². The first kappa shape index (κ1) is 8.92. The largest absolute Gasteiger partial charge is 0.271 e. The standard InChI is InChI=1S/C5H13N3O2S/c1-11(9,10)8-3-2-5(8)4-7-6/h5,7H,2-4,6H2,1H3. The van der Waals surface area contributed by atoms with Gasteiger partial charge in [-0.15, -0.1) is 0 Å². The molecule has 1 rings (SSSR count). The van der Waals surface area contributed by atoms with Crippen molar-refractivity contribution in [2.45, 2.75) is 12.5 Å². The second-order valence-corrected chi connectivity index (χ2v) is 4.66. The smallest absolute Gasteiger partial charge is 0.211 e. The van der Waals surface area contributed by atoms with E-state index in [2.05, 4.69) is 5.43 Å². The lowest BCUT2D eigenvalue weighted by molar-refractivity contribution is 0.196. The second-order valence-electron chi connectivity index (χ2n) is 2.72. The second kappa shape index (κ2) is 3.06. The zero-order valence-electron chi connectivity index (χ0n) is 6.45. The van der Waals surface area contributed by atoms with Crippen LogP contribution in [0.2, 0.25) is 0 Å². The van der Waals surface area contributed by atoms with E-state index in [1.165, 1.54) is 10.6 Å². The van der Waals surface area contributed by atoms with Crippen LogP contribution >= 0.6 is 0 Å². The minimum atomic E-state index is -3.00. The average Bonchev–Trinajstić information content (AvgIpc) is 1.75. The summed E-state index contributed by atoms with van der Waals surface area (Å²) < 4.78 is 23.4. The van der Waals surface area contributed by atoms with Gasteiger partial charge < -0.3 is 0 Å². The number of nitrogens with one attached hydrogen (secondary N) is 1. The quantitative estimate of drug-likeness (QED) is 0.408. The number of hydrogen-bond donors (Lipinski definition) is 2. The molecule has 1 aliphatic rings. The van der Waals surface area contributed by atoms with Gasteiger partial charge in [-0.3, -0.25) is 11.3 Å². The van der Waals surface area contributed by atoms with E-state index < -0.39 is 10.0 Å². The summed E-state index contributed by atoms with van der Waals surface area (Å²) in [6.45, 7) is 1.16. The zero-order valence-corrected chi connectivity index (χ0v) is 7.26. The first-order chi connectivity index (χ1) is 5.05. The lowest BCUT2D eigenvalue weighted by Crippen LogP contribution is -2.55. The number of sulfonamides is 1. The summed E-state index contributed by atoms with van der Waals surface area (Å²) in [5.41, 5.74) is 2.47. The van der Waals surface area contributed by atoms with Gasteiger partial charge in [0.25, 0.3) is 0 Å². The molecule has 0 spiro atoms. The molecule has 11 heavy (non-hydrogen) atoms. The van der Waals surface area contributed by atoms with Crippen molar-refractivity contribution in [2.75, 3.05) is 19.3 Å². The van der Waals surface area contributed by atoms with Crippen LogP contribution in [0.15, 0.2) is 0 Å². The molecule has 0 radical (unpaired) electrons. The molecule has 66 valence electrons. The van der Waals surface area contributed by atoms with E-state index >= 15 is 0 Å². The van der Waals surface area contributed by atoms with Gasteiger partial charge in [0.05, 0.1) is 6.26 Å². The third-order valence-electron chi connectivity index (χ3n) is 1.87. The Hall–Kier alpha value is -0.170. The van der Waals surface area contributed by atoms with Gasteiger partial charge in [-0.05, 0) is 6.42 Å². The fourth-order valence-corrected chi connectivity index (χ4v) is 2.35. The van der Waals surface area contributed by atoms with Gasteiger partial charge >= 0.3 is 0 Å². The molecular weight excluding hydrogens is 166 g/mol. The fourth-order valence-electron chi connectivity index (χ4n) is 1.19. The third-order valence-corrected chi connectivity index (χ3v) is 3.20. The molecule has 0 saturated carbocycles. The Morgan fingerprint density at radius 3 is 2.64 bits per heavy atom. The van der Waals surface area contributed by atoms with E-state index in [-0.39, 0.29) is 6.04 Å². The number of rotatable bonds is 3. The van der Waals surface area contributed by atoms with Gasteiger partial charge in [0.15, 0.2) is 0 Å². The molecule has 1 atom stereocenters. The minimum absolute atomic E-state index is 0.0648. The predicted molar refractivity (Wildman–Crippen MR) is 42.1 cm³/mol. The zero-order chi connectivity index (χ0) is 8.48. The molecular formula is C5H13N3O2S. The predicted octanol–water partition coefficient (Wildman–Crippen LogP) is -1.52. The van der Waals surface area contributed by atoms with E-state index in [0.29, 0.717) is 13.1 Å². The van der Waals surface area contributed by atoms with Crippen molar-refractivity contribution in [1.82, 2.24) is 9.73 Å². The molecule has 1 unspecified atom stereocenters. The Balaban J connectivity index is 2.50. The van der Waals surface area contributed by atoms with Gasteiger partial charge in [-0.2, -0.15) is 4.31 Å². The van der Waals surface area contributed by atoms with Gasteiger partial charge in [0, 0.05) is 19.1 Å². The number of hydrogen-bond acceptors (Lipinski definition) is 4. The molecule has 0 aromatic carbocycles. The summed E-state index contributed by atoms with van der Waals surface area (Å²) in [7, 11) is -3.00. The fraction of sp³-hybridized carbons (Fsp3) is 1.00. The van der Waals surface area contributed by atoms with Crippen molar-refractivity contribution in [1.29, 1.82) is 0 Å². The first-order valence-corrected chi connectivity index (χ1v) is 5.31. The summed E-state index contributed by atoms with van der Waals surface area (Å²) >= 11 is 0. The van der Waals surface area contributed by atoms with E-state index in [1.807, 2.05) is 0 Å². The van der Waals surface area contributed by atoms with Crippen molar-refractivity contribution < 1.29 is 8.42 Å². The Morgan fingerprint density at radius 1 is 1.73 bits per heavy atom. The van der Waals surface area contributed by atoms with E-state index in [4.69, 9.17) is 5.84 Å². The molecule has 0 aromatic rings. The van der Waals surface area contributed by atoms with Crippen molar-refractivity contribution in [3.05, 3.63) is 0 Å². The van der Waals surface area contributed by atoms with Crippen LogP contribution in [0.5, 0.6) is 0 Å². The van der Waals surface area contributed by atoms with Gasteiger partial charge in [-0.1, -0.05) is 0 Å². The Morgan fingerprint density at radius 2 is 2.36 bits per heavy atom. The number of nitrogens with two attached hydrogens (primary N) is 1. The monoisotopic (exact) mass is 179 g/mol. The summed E-state index contributed by atoms with van der Waals surface area (Å²) in [5.74, 6) is 5.07. The van der Waals surface area contributed by atoms with Crippen LogP contribution in [0.3, 0.4) is 0 Å². The van der Waals surface area contributed by atoms with Gasteiger partial charge in [-0.25, -0.2) is 8.42 Å². The van der Waals surface area contributed by atoms with Gasteiger partial charge in [0.1, 0.15) is 0 Å². The maximum Gasteiger partial charge on any atom is 0.211 e. The van der Waals surface area contributed by atoms with E-state index in [9.17, 15) is 8.42 Å². The highest BCUT2D eigenvalue weighted by Crippen LogP contribution is 2.19. The maximum absolute atomic E-state index is 11.0. The molecule has 0 aromatic heterocycles. The SMILES string of the molecule is CS(=O)(=O)N1CCC1CNN. The highest BCUT2D eigenvalue weighted by Gasteiger charge is 2.33. The minimum Gasteiger partial charge on any atom is -0.271 e. The highest BCUT2D eigenvalue weighted by molar-refractivity contribution is 7.88. The molecule has 1 fully saturated rings. The normalized spacial score (nSPS) is 26.5. The van der Waals surface area contributed by atoms with Crippen LogP contribution < -0.4 is 11.3 Å². The molecule has 0 amide bonds. The van der Waals surface area contributed by atoms with Crippen molar-refractivity contribution >= 4 is 10.0 Å². The van der Waals surface area contributed by atoms with Crippen LogP contribution in [0.1, 0.15) is 6.42 Å². The molecule has 1 aliphatic heterocycles. The summed E-state index contributed by atoms with van der Waals surface area (Å²) in [5, 5.41) is 0. The van der Waals surface area contributed by atoms with E-state index in [0.717, 1.165) is 6.42 Å². The lowest BCUT2D eigenvalue weighted by Gasteiger charge is -2.38. The van der Waals surface area contributed by atoms with Crippen LogP contribution in [0.25, 0.3) is 0 Å². The Kier molecular flexibility index (Phi) is 2.48. The van der Waals surface area contributed by atoms with Crippen LogP contribution in [-0.4, -0.2) is 38.1 Å². The Labute approximate surface area is 66.6 Å². The molecule has 6 heteroatoms. The van der Waals surface area contributed by atoms with Crippen molar-refractivity contribution in [2.24, 2.45) is 5.84 Å². The molecule has 1 saturated heterocycles. The lowest BCUT2D eigenvalue weighted by atomic mass is 10.1. The highest BCUT2D eigenvalue weighted by atomic mass is 32.2. The molecule has 0 aliphatic carbocycles. The van der Waals surface area contributed by atoms with Crippen LogP contribution in [0.4, 0.5) is 0 Å². The maximum atomic E-state index is 11.0. The number of hydrazine groups is 1. The molecule has 3 N–H and O–H groups in total. The molecule has 1 heterocycles. The summed E-state index contributed by atoms with van der Waals surface area (Å²) in [4.78, 5) is 0.